The number of esters is 1. The number of nitrogens with zero attached hydrogens (tertiary/aromatic N) is 2. The van der Waals surface area contributed by atoms with Crippen LogP contribution in [0.1, 0.15) is 25.5 Å². The van der Waals surface area contributed by atoms with Crippen molar-refractivity contribution in [2.75, 3.05) is 13.2 Å². The molecule has 1 amide bonds. The molecule has 0 aliphatic heterocycles. The number of carbonyl (C=O) groups excluding carboxylic acids is 2. The smallest absolute Gasteiger partial charge is 0.325 e. The summed E-state index contributed by atoms with van der Waals surface area (Å²) in [4.78, 5) is 25.2. The molecule has 1 aromatic heterocycles. The van der Waals surface area contributed by atoms with Gasteiger partial charge in [-0.05, 0) is 25.8 Å². The predicted octanol–water partition coefficient (Wildman–Crippen LogP) is 0.506. The molecular weight excluding hydrogens is 234 g/mol. The fraction of sp³-hybridized carbons (Fsp3) is 0.583. The Bertz CT molecular complexity index is 412. The van der Waals surface area contributed by atoms with Gasteiger partial charge in [-0.15, -0.1) is 0 Å². The molecule has 18 heavy (non-hydrogen) atoms. The van der Waals surface area contributed by atoms with E-state index in [2.05, 4.69) is 10.2 Å². The van der Waals surface area contributed by atoms with Gasteiger partial charge in [-0.25, -0.2) is 0 Å². The Morgan fingerprint density at radius 2 is 2.33 bits per heavy atom. The second-order valence-corrected chi connectivity index (χ2v) is 4.32. The normalized spacial score (nSPS) is 14.3. The predicted molar refractivity (Wildman–Crippen MR) is 63.7 cm³/mol. The summed E-state index contributed by atoms with van der Waals surface area (Å²) in [5.41, 5.74) is 0.759. The molecule has 0 atom stereocenters. The second kappa shape index (κ2) is 5.66. The maximum atomic E-state index is 12.1. The second-order valence-electron chi connectivity index (χ2n) is 4.32. The van der Waals surface area contributed by atoms with E-state index in [1.54, 1.807) is 24.1 Å². The van der Waals surface area contributed by atoms with Crippen molar-refractivity contribution in [1.29, 1.82) is 0 Å². The van der Waals surface area contributed by atoms with E-state index in [0.717, 1.165) is 18.5 Å². The summed E-state index contributed by atoms with van der Waals surface area (Å²) in [7, 11) is 0. The third-order valence-electron chi connectivity index (χ3n) is 2.81. The van der Waals surface area contributed by atoms with Crippen molar-refractivity contribution in [3.63, 3.8) is 0 Å². The zero-order valence-corrected chi connectivity index (χ0v) is 10.4. The van der Waals surface area contributed by atoms with Crippen molar-refractivity contribution in [3.05, 3.63) is 18.0 Å². The summed E-state index contributed by atoms with van der Waals surface area (Å²) in [5.74, 6) is -0.405. The van der Waals surface area contributed by atoms with Gasteiger partial charge in [-0.1, -0.05) is 0 Å². The van der Waals surface area contributed by atoms with Crippen LogP contribution in [0.4, 0.5) is 0 Å². The molecule has 1 aliphatic carbocycles. The van der Waals surface area contributed by atoms with E-state index in [1.165, 1.54) is 0 Å². The van der Waals surface area contributed by atoms with E-state index in [1.807, 2.05) is 0 Å². The molecule has 1 fully saturated rings. The number of carbonyl (C=O) groups is 2. The maximum absolute atomic E-state index is 12.1. The molecule has 0 spiro atoms. The van der Waals surface area contributed by atoms with Crippen LogP contribution in [-0.4, -0.2) is 46.2 Å². The summed E-state index contributed by atoms with van der Waals surface area (Å²) in [6.45, 7) is 2.14. The monoisotopic (exact) mass is 251 g/mol. The van der Waals surface area contributed by atoms with Gasteiger partial charge in [0.25, 0.3) is 0 Å². The molecule has 6 nitrogen and oxygen atoms in total. The number of hydrogen-bond acceptors (Lipinski definition) is 4. The maximum Gasteiger partial charge on any atom is 0.325 e. The zero-order chi connectivity index (χ0) is 13.0. The third-order valence-corrected chi connectivity index (χ3v) is 2.81. The van der Waals surface area contributed by atoms with Crippen molar-refractivity contribution in [3.8, 4) is 0 Å². The Morgan fingerprint density at radius 3 is 2.89 bits per heavy atom. The van der Waals surface area contributed by atoms with E-state index < -0.39 is 0 Å². The van der Waals surface area contributed by atoms with Crippen LogP contribution >= 0.6 is 0 Å². The summed E-state index contributed by atoms with van der Waals surface area (Å²) >= 11 is 0. The van der Waals surface area contributed by atoms with Gasteiger partial charge in [0, 0.05) is 17.9 Å². The molecule has 0 saturated heterocycles. The number of hydrogen-bond donors (Lipinski definition) is 1. The fourth-order valence-corrected chi connectivity index (χ4v) is 1.80. The van der Waals surface area contributed by atoms with Gasteiger partial charge in [-0.3, -0.25) is 14.7 Å². The summed E-state index contributed by atoms with van der Waals surface area (Å²) in [5, 5.41) is 6.55. The molecule has 0 bridgehead atoms. The van der Waals surface area contributed by atoms with Crippen molar-refractivity contribution in [2.45, 2.75) is 32.2 Å². The Morgan fingerprint density at radius 1 is 1.56 bits per heavy atom. The van der Waals surface area contributed by atoms with Crippen LogP contribution in [0, 0.1) is 0 Å². The molecule has 0 radical (unpaired) electrons. The Kier molecular flexibility index (Phi) is 3.96. The first-order valence-corrected chi connectivity index (χ1v) is 6.14. The summed E-state index contributed by atoms with van der Waals surface area (Å²) in [6, 6.07) is 1.96. The highest BCUT2D eigenvalue weighted by Gasteiger charge is 2.34. The lowest BCUT2D eigenvalue weighted by molar-refractivity contribution is -0.149. The van der Waals surface area contributed by atoms with E-state index in [0.29, 0.717) is 6.61 Å². The lowest BCUT2D eigenvalue weighted by atomic mass is 10.2. The molecule has 0 unspecified atom stereocenters. The van der Waals surface area contributed by atoms with Crippen LogP contribution in [0.15, 0.2) is 12.3 Å². The molecule has 1 saturated carbocycles. The molecule has 6 heteroatoms. The minimum atomic E-state index is -0.345. The number of H-pyrrole nitrogens is 1. The van der Waals surface area contributed by atoms with Crippen molar-refractivity contribution < 1.29 is 14.3 Å². The summed E-state index contributed by atoms with van der Waals surface area (Å²) in [6.07, 6.45) is 3.79. The minimum absolute atomic E-state index is 0.0471. The first kappa shape index (κ1) is 12.6. The molecule has 98 valence electrons. The van der Waals surface area contributed by atoms with Crippen molar-refractivity contribution >= 4 is 11.9 Å². The molecule has 1 aliphatic rings. The first-order valence-electron chi connectivity index (χ1n) is 6.14. The Labute approximate surface area is 105 Å². The highest BCUT2D eigenvalue weighted by Crippen LogP contribution is 2.27. The number of amides is 1. The van der Waals surface area contributed by atoms with E-state index in [4.69, 9.17) is 4.74 Å². The lowest BCUT2D eigenvalue weighted by Gasteiger charge is -2.20. The topological polar surface area (TPSA) is 75.3 Å². The average molecular weight is 251 g/mol. The Balaban J connectivity index is 1.92. The number of rotatable bonds is 6. The van der Waals surface area contributed by atoms with Crippen LogP contribution in [0.3, 0.4) is 0 Å². The number of aromatic amines is 1. The minimum Gasteiger partial charge on any atom is -0.465 e. The highest BCUT2D eigenvalue weighted by molar-refractivity contribution is 5.83. The van der Waals surface area contributed by atoms with Gasteiger partial charge in [0.15, 0.2) is 0 Å². The quantitative estimate of drug-likeness (QED) is 0.747. The largest absolute Gasteiger partial charge is 0.465 e. The molecule has 2 rings (SSSR count). The van der Waals surface area contributed by atoms with Gasteiger partial charge < -0.3 is 9.64 Å². The van der Waals surface area contributed by atoms with Crippen LogP contribution in [0.25, 0.3) is 0 Å². The number of nitrogens with one attached hydrogen (secondary N) is 1. The third kappa shape index (κ3) is 3.32. The van der Waals surface area contributed by atoms with E-state index >= 15 is 0 Å². The van der Waals surface area contributed by atoms with Crippen LogP contribution in [-0.2, 0) is 20.7 Å². The molecular formula is C12H17N3O3. The first-order chi connectivity index (χ1) is 8.70. The van der Waals surface area contributed by atoms with Gasteiger partial charge >= 0.3 is 5.97 Å². The van der Waals surface area contributed by atoms with Gasteiger partial charge in [-0.2, -0.15) is 5.10 Å². The number of aromatic nitrogens is 2. The zero-order valence-electron chi connectivity index (χ0n) is 10.4. The summed E-state index contributed by atoms with van der Waals surface area (Å²) < 4.78 is 4.88. The molecule has 1 N–H and O–H groups in total. The fourth-order valence-electron chi connectivity index (χ4n) is 1.80. The molecule has 1 aromatic rings. The lowest BCUT2D eigenvalue weighted by Crippen LogP contribution is -2.39. The van der Waals surface area contributed by atoms with E-state index in [-0.39, 0.29) is 30.9 Å². The average Bonchev–Trinajstić information content (AvgIpc) is 3.05. The van der Waals surface area contributed by atoms with Crippen molar-refractivity contribution in [1.82, 2.24) is 15.1 Å². The standard InChI is InChI=1S/C12H17N3O3/c1-2-18-12(17)8-15(10-3-4-10)11(16)7-9-5-6-13-14-9/h5-6,10H,2-4,7-8H2,1H3,(H,13,14). The molecule has 0 aromatic carbocycles. The van der Waals surface area contributed by atoms with Crippen LogP contribution in [0.2, 0.25) is 0 Å². The van der Waals surface area contributed by atoms with E-state index in [9.17, 15) is 9.59 Å². The van der Waals surface area contributed by atoms with Gasteiger partial charge in [0.1, 0.15) is 6.54 Å². The van der Waals surface area contributed by atoms with Gasteiger partial charge in [0.2, 0.25) is 5.91 Å². The Hall–Kier alpha value is -1.85. The molecule has 1 heterocycles. The van der Waals surface area contributed by atoms with Crippen molar-refractivity contribution in [2.24, 2.45) is 0 Å². The van der Waals surface area contributed by atoms with Crippen LogP contribution in [0.5, 0.6) is 0 Å². The number of ether oxygens (including phenoxy) is 1. The highest BCUT2D eigenvalue weighted by atomic mass is 16.5. The van der Waals surface area contributed by atoms with Gasteiger partial charge in [0.05, 0.1) is 13.0 Å². The SMILES string of the molecule is CCOC(=O)CN(C(=O)Cc1ccn[nH]1)C1CC1. The van der Waals surface area contributed by atoms with Crippen LogP contribution < -0.4 is 0 Å².